The van der Waals surface area contributed by atoms with E-state index in [0.29, 0.717) is 13.2 Å². The Morgan fingerprint density at radius 2 is 1.76 bits per heavy atom. The Morgan fingerprint density at radius 3 is 2.43 bits per heavy atom. The molecule has 5 heteroatoms. The molecule has 2 aliphatic carbocycles. The molecule has 0 aromatic heterocycles. The lowest BCUT2D eigenvalue weighted by Crippen LogP contribution is -2.42. The summed E-state index contributed by atoms with van der Waals surface area (Å²) in [6.07, 6.45) is 5.18. The maximum atomic E-state index is 14.6. The fraction of sp³-hybridized carbons (Fsp3) is 0.500. The molecule has 0 amide bonds. The Balaban J connectivity index is 1.74. The number of hydrogen-bond acceptors (Lipinski definition) is 2. The molecule has 2 nitrogen and oxygen atoms in total. The second-order valence-electron chi connectivity index (χ2n) is 6.01. The van der Waals surface area contributed by atoms with Gasteiger partial charge < -0.3 is 9.47 Å². The van der Waals surface area contributed by atoms with Gasteiger partial charge in [0.2, 0.25) is 0 Å². The van der Waals surface area contributed by atoms with Gasteiger partial charge in [0.15, 0.2) is 5.79 Å². The van der Waals surface area contributed by atoms with E-state index in [0.717, 1.165) is 41.3 Å². The lowest BCUT2D eigenvalue weighted by molar-refractivity contribution is -0.182. The quantitative estimate of drug-likeness (QED) is 0.651. The van der Waals surface area contributed by atoms with Crippen LogP contribution >= 0.6 is 27.5 Å². The summed E-state index contributed by atoms with van der Waals surface area (Å²) in [4.78, 5) is 0. The smallest absolute Gasteiger partial charge is 0.168 e. The zero-order valence-electron chi connectivity index (χ0n) is 11.4. The molecular formula is C16H15BrClFO2. The first-order chi connectivity index (χ1) is 10.1. The summed E-state index contributed by atoms with van der Waals surface area (Å²) < 4.78 is 27.2. The van der Waals surface area contributed by atoms with E-state index in [2.05, 4.69) is 15.9 Å². The predicted octanol–water partition coefficient (Wildman–Crippen LogP) is 4.78. The lowest BCUT2D eigenvalue weighted by Gasteiger charge is -2.42. The van der Waals surface area contributed by atoms with Gasteiger partial charge in [-0.05, 0) is 30.5 Å². The van der Waals surface area contributed by atoms with Crippen molar-refractivity contribution in [2.45, 2.75) is 36.9 Å². The van der Waals surface area contributed by atoms with E-state index in [1.54, 1.807) is 6.07 Å². The number of benzene rings is 1. The van der Waals surface area contributed by atoms with Crippen molar-refractivity contribution in [2.24, 2.45) is 0 Å². The Labute approximate surface area is 136 Å². The Hall–Kier alpha value is -0.420. The molecule has 0 atom stereocenters. The van der Waals surface area contributed by atoms with Crippen LogP contribution in [0.3, 0.4) is 0 Å². The number of ether oxygens (including phenoxy) is 2. The fourth-order valence-electron chi connectivity index (χ4n) is 3.90. The van der Waals surface area contributed by atoms with E-state index in [9.17, 15) is 4.39 Å². The van der Waals surface area contributed by atoms with Gasteiger partial charge in [0.25, 0.3) is 0 Å². The SMILES string of the molecule is Fc1c(Cl)ccc2c1C1(CCC3(CC1)OCCO3)C(Br)=C2. The van der Waals surface area contributed by atoms with Crippen LogP contribution in [0.5, 0.6) is 0 Å². The van der Waals surface area contributed by atoms with Crippen LogP contribution in [0.25, 0.3) is 6.08 Å². The standard InChI is InChI=1S/C16H15BrClFO2/c17-12-9-10-1-2-11(18)14(19)13(10)15(12)3-5-16(6-4-15)20-7-8-21-16/h1-2,9H,3-8H2. The number of allylic oxidation sites excluding steroid dienone is 1. The van der Waals surface area contributed by atoms with Crippen LogP contribution in [-0.2, 0) is 14.9 Å². The van der Waals surface area contributed by atoms with E-state index < -0.39 is 5.79 Å². The highest BCUT2D eigenvalue weighted by molar-refractivity contribution is 9.11. The molecule has 112 valence electrons. The van der Waals surface area contributed by atoms with Crippen LogP contribution in [0, 0.1) is 5.82 Å². The Bertz CT molecular complexity index is 627. The first-order valence-corrected chi connectivity index (χ1v) is 8.38. The average Bonchev–Trinajstić information content (AvgIpc) is 3.03. The predicted molar refractivity (Wildman–Crippen MR) is 83.1 cm³/mol. The molecule has 1 aromatic carbocycles. The molecule has 3 aliphatic rings. The van der Waals surface area contributed by atoms with Crippen LogP contribution in [0.1, 0.15) is 36.8 Å². The second-order valence-corrected chi connectivity index (χ2v) is 7.27. The number of fused-ring (bicyclic) bond motifs is 2. The highest BCUT2D eigenvalue weighted by Gasteiger charge is 2.51. The van der Waals surface area contributed by atoms with Crippen LogP contribution in [-0.4, -0.2) is 19.0 Å². The van der Waals surface area contributed by atoms with Gasteiger partial charge in [-0.15, -0.1) is 0 Å². The van der Waals surface area contributed by atoms with Gasteiger partial charge in [0.05, 0.1) is 18.2 Å². The third-order valence-corrected chi connectivity index (χ3v) is 6.30. The summed E-state index contributed by atoms with van der Waals surface area (Å²) in [6, 6.07) is 3.52. The minimum Gasteiger partial charge on any atom is -0.348 e. The molecule has 0 unspecified atom stereocenters. The molecule has 2 spiro atoms. The average molecular weight is 374 g/mol. The number of hydrogen-bond donors (Lipinski definition) is 0. The van der Waals surface area contributed by atoms with E-state index >= 15 is 0 Å². The van der Waals surface area contributed by atoms with Crippen molar-refractivity contribution in [1.82, 2.24) is 0 Å². The number of rotatable bonds is 0. The number of halogens is 3. The van der Waals surface area contributed by atoms with Crippen LogP contribution in [0.4, 0.5) is 4.39 Å². The molecule has 4 rings (SSSR count). The van der Waals surface area contributed by atoms with Gasteiger partial charge >= 0.3 is 0 Å². The summed E-state index contributed by atoms with van der Waals surface area (Å²) in [7, 11) is 0. The summed E-state index contributed by atoms with van der Waals surface area (Å²) >= 11 is 9.66. The minimum atomic E-state index is -0.448. The molecule has 0 bridgehead atoms. The molecule has 0 radical (unpaired) electrons. The maximum absolute atomic E-state index is 14.6. The van der Waals surface area contributed by atoms with E-state index in [1.807, 2.05) is 12.1 Å². The van der Waals surface area contributed by atoms with Crippen molar-refractivity contribution in [1.29, 1.82) is 0 Å². The third-order valence-electron chi connectivity index (χ3n) is 5.02. The first kappa shape index (κ1) is 14.2. The Kier molecular flexibility index (Phi) is 3.23. The highest BCUT2D eigenvalue weighted by Crippen LogP contribution is 2.57. The van der Waals surface area contributed by atoms with Crippen LogP contribution in [0.15, 0.2) is 16.6 Å². The van der Waals surface area contributed by atoms with Crippen molar-refractivity contribution < 1.29 is 13.9 Å². The minimum absolute atomic E-state index is 0.192. The molecular weight excluding hydrogens is 359 g/mol. The van der Waals surface area contributed by atoms with Gasteiger partial charge in [0, 0.05) is 28.3 Å². The monoisotopic (exact) mass is 372 g/mol. The van der Waals surface area contributed by atoms with Gasteiger partial charge in [-0.1, -0.05) is 33.6 Å². The Morgan fingerprint density at radius 1 is 1.10 bits per heavy atom. The van der Waals surface area contributed by atoms with Crippen molar-refractivity contribution >= 4 is 33.6 Å². The maximum Gasteiger partial charge on any atom is 0.168 e. The molecule has 1 aromatic rings. The highest BCUT2D eigenvalue weighted by atomic mass is 79.9. The van der Waals surface area contributed by atoms with E-state index in [-0.39, 0.29) is 16.3 Å². The first-order valence-electron chi connectivity index (χ1n) is 7.20. The summed E-state index contributed by atoms with van der Waals surface area (Å²) in [5, 5.41) is 0.192. The van der Waals surface area contributed by atoms with Crippen LogP contribution in [0.2, 0.25) is 5.02 Å². The zero-order chi connectivity index (χ0) is 14.7. The zero-order valence-corrected chi connectivity index (χ0v) is 13.8. The lowest BCUT2D eigenvalue weighted by atomic mass is 9.69. The molecule has 0 N–H and O–H groups in total. The molecule has 1 saturated carbocycles. The van der Waals surface area contributed by atoms with Crippen molar-refractivity contribution in [2.75, 3.05) is 13.2 Å². The van der Waals surface area contributed by atoms with Crippen molar-refractivity contribution in [3.63, 3.8) is 0 Å². The molecule has 2 fully saturated rings. The van der Waals surface area contributed by atoms with E-state index in [4.69, 9.17) is 21.1 Å². The van der Waals surface area contributed by atoms with Crippen molar-refractivity contribution in [3.8, 4) is 0 Å². The van der Waals surface area contributed by atoms with E-state index in [1.165, 1.54) is 0 Å². The van der Waals surface area contributed by atoms with Gasteiger partial charge in [-0.2, -0.15) is 0 Å². The van der Waals surface area contributed by atoms with Gasteiger partial charge in [0.1, 0.15) is 5.82 Å². The third kappa shape index (κ3) is 1.96. The summed E-state index contributed by atoms with van der Waals surface area (Å²) in [6.45, 7) is 1.31. The molecule has 1 heterocycles. The molecule has 21 heavy (non-hydrogen) atoms. The topological polar surface area (TPSA) is 18.5 Å². The normalized spacial score (nSPS) is 25.4. The second kappa shape index (κ2) is 4.79. The molecule has 1 saturated heterocycles. The van der Waals surface area contributed by atoms with Gasteiger partial charge in [-0.3, -0.25) is 0 Å². The van der Waals surface area contributed by atoms with Gasteiger partial charge in [-0.25, -0.2) is 4.39 Å². The summed E-state index contributed by atoms with van der Waals surface area (Å²) in [5.74, 6) is -0.736. The largest absolute Gasteiger partial charge is 0.348 e. The summed E-state index contributed by atoms with van der Waals surface area (Å²) in [5.41, 5.74) is 1.34. The fourth-order valence-corrected chi connectivity index (χ4v) is 4.90. The van der Waals surface area contributed by atoms with Crippen molar-refractivity contribution in [3.05, 3.63) is 38.6 Å². The molecule has 1 aliphatic heterocycles. The van der Waals surface area contributed by atoms with Crippen LogP contribution < -0.4 is 0 Å².